The molecular formula is C49H56N2O2S. The van der Waals surface area contributed by atoms with Gasteiger partial charge in [-0.05, 0) is 72.3 Å². The maximum absolute atomic E-state index is 14.0. The number of nitrogens with one attached hydrogen (secondary N) is 2. The quantitative estimate of drug-likeness (QED) is 0.0619. The number of rotatable bonds is 18. The van der Waals surface area contributed by atoms with Crippen LogP contribution in [0.2, 0.25) is 0 Å². The number of carbonyl (C=O) groups excluding carboxylic acids is 1. The second-order valence-electron chi connectivity index (χ2n) is 15.1. The molecule has 5 aromatic rings. The average molecular weight is 737 g/mol. The van der Waals surface area contributed by atoms with Crippen LogP contribution < -0.4 is 10.6 Å². The zero-order valence-electron chi connectivity index (χ0n) is 31.5. The van der Waals surface area contributed by atoms with Crippen molar-refractivity contribution in [2.45, 2.75) is 88.2 Å². The SMILES string of the molecule is O=C(NCCc1ccccc1)[C@H](CC1CCCCC1)NC(=S)C(CCCc1ccccc1)C(O)CC(c1ccccc1)(c1ccccc1)c1ccccc1. The Morgan fingerprint density at radius 2 is 1.13 bits per heavy atom. The lowest BCUT2D eigenvalue weighted by Gasteiger charge is -2.40. The first-order chi connectivity index (χ1) is 26.5. The van der Waals surface area contributed by atoms with Crippen molar-refractivity contribution < 1.29 is 9.90 Å². The first-order valence-electron chi connectivity index (χ1n) is 20.0. The molecule has 0 bridgehead atoms. The fraction of sp³-hybridized carbons (Fsp3) is 0.347. The molecule has 0 aromatic heterocycles. The number of aliphatic hydroxyl groups excluding tert-OH is 1. The van der Waals surface area contributed by atoms with Crippen LogP contribution in [-0.2, 0) is 23.1 Å². The van der Waals surface area contributed by atoms with Crippen molar-refractivity contribution in [2.75, 3.05) is 6.54 Å². The van der Waals surface area contributed by atoms with Crippen LogP contribution in [0.1, 0.15) is 85.6 Å². The van der Waals surface area contributed by atoms with Gasteiger partial charge in [0.25, 0.3) is 0 Å². The molecule has 5 heteroatoms. The van der Waals surface area contributed by atoms with E-state index in [-0.39, 0.29) is 11.8 Å². The molecule has 1 aliphatic rings. The van der Waals surface area contributed by atoms with E-state index >= 15 is 0 Å². The van der Waals surface area contributed by atoms with Gasteiger partial charge in [-0.3, -0.25) is 4.79 Å². The molecule has 1 aliphatic carbocycles. The monoisotopic (exact) mass is 736 g/mol. The van der Waals surface area contributed by atoms with Crippen LogP contribution in [0.25, 0.3) is 0 Å². The fourth-order valence-corrected chi connectivity index (χ4v) is 8.93. The number of amides is 1. The second-order valence-corrected chi connectivity index (χ2v) is 15.5. The first-order valence-corrected chi connectivity index (χ1v) is 20.4. The van der Waals surface area contributed by atoms with Crippen LogP contribution in [-0.4, -0.2) is 34.7 Å². The minimum absolute atomic E-state index is 0.0106. The maximum Gasteiger partial charge on any atom is 0.242 e. The Kier molecular flexibility index (Phi) is 14.6. The molecule has 6 rings (SSSR count). The highest BCUT2D eigenvalue weighted by Gasteiger charge is 2.41. The van der Waals surface area contributed by atoms with Crippen molar-refractivity contribution >= 4 is 23.1 Å². The predicted molar refractivity (Wildman–Crippen MR) is 227 cm³/mol. The third kappa shape index (κ3) is 10.5. The summed E-state index contributed by atoms with van der Waals surface area (Å²) in [7, 11) is 0. The van der Waals surface area contributed by atoms with Crippen LogP contribution in [0, 0.1) is 11.8 Å². The Morgan fingerprint density at radius 3 is 1.63 bits per heavy atom. The van der Waals surface area contributed by atoms with Gasteiger partial charge in [0.2, 0.25) is 5.91 Å². The molecule has 280 valence electrons. The van der Waals surface area contributed by atoms with Crippen LogP contribution in [0.5, 0.6) is 0 Å². The van der Waals surface area contributed by atoms with Crippen molar-refractivity contribution in [3.63, 3.8) is 0 Å². The van der Waals surface area contributed by atoms with E-state index in [1.54, 1.807) is 0 Å². The van der Waals surface area contributed by atoms with E-state index < -0.39 is 17.6 Å². The highest BCUT2D eigenvalue weighted by molar-refractivity contribution is 7.80. The molecule has 3 atom stereocenters. The highest BCUT2D eigenvalue weighted by Crippen LogP contribution is 2.44. The van der Waals surface area contributed by atoms with E-state index in [0.717, 1.165) is 55.2 Å². The summed E-state index contributed by atoms with van der Waals surface area (Å²) in [5.41, 5.74) is 5.20. The van der Waals surface area contributed by atoms with E-state index in [1.807, 2.05) is 42.5 Å². The summed E-state index contributed by atoms with van der Waals surface area (Å²) in [6.07, 6.45) is 9.55. The van der Waals surface area contributed by atoms with E-state index in [0.29, 0.717) is 30.3 Å². The number of hydrogen-bond donors (Lipinski definition) is 3. The van der Waals surface area contributed by atoms with Crippen LogP contribution in [0.4, 0.5) is 0 Å². The first kappa shape index (κ1) is 39.1. The molecule has 0 saturated heterocycles. The fourth-order valence-electron chi connectivity index (χ4n) is 8.51. The van der Waals surface area contributed by atoms with Crippen LogP contribution in [0.3, 0.4) is 0 Å². The zero-order chi connectivity index (χ0) is 37.4. The number of hydrogen-bond acceptors (Lipinski definition) is 3. The number of benzene rings is 5. The minimum Gasteiger partial charge on any atom is -0.392 e. The summed E-state index contributed by atoms with van der Waals surface area (Å²) in [4.78, 5) is 14.6. The van der Waals surface area contributed by atoms with Crippen molar-refractivity contribution in [1.82, 2.24) is 10.6 Å². The highest BCUT2D eigenvalue weighted by atomic mass is 32.1. The lowest BCUT2D eigenvalue weighted by molar-refractivity contribution is -0.123. The van der Waals surface area contributed by atoms with Gasteiger partial charge in [0.05, 0.1) is 11.1 Å². The van der Waals surface area contributed by atoms with E-state index in [9.17, 15) is 9.90 Å². The maximum atomic E-state index is 14.0. The zero-order valence-corrected chi connectivity index (χ0v) is 32.3. The van der Waals surface area contributed by atoms with Crippen molar-refractivity contribution in [1.29, 1.82) is 0 Å². The molecule has 5 aromatic carbocycles. The van der Waals surface area contributed by atoms with Gasteiger partial charge in [0, 0.05) is 17.9 Å². The summed E-state index contributed by atoms with van der Waals surface area (Å²) in [5, 5.41) is 19.6. The van der Waals surface area contributed by atoms with Gasteiger partial charge in [0.15, 0.2) is 0 Å². The summed E-state index contributed by atoms with van der Waals surface area (Å²) >= 11 is 6.32. The Bertz CT molecular complexity index is 1730. The van der Waals surface area contributed by atoms with Gasteiger partial charge in [-0.15, -0.1) is 0 Å². The topological polar surface area (TPSA) is 61.4 Å². The Labute approximate surface area is 328 Å². The third-order valence-electron chi connectivity index (χ3n) is 11.4. The molecule has 1 saturated carbocycles. The molecule has 0 aliphatic heterocycles. The molecule has 3 N–H and O–H groups in total. The van der Waals surface area contributed by atoms with E-state index in [1.165, 1.54) is 30.4 Å². The number of aryl methyl sites for hydroxylation is 1. The van der Waals surface area contributed by atoms with E-state index in [2.05, 4.69) is 120 Å². The van der Waals surface area contributed by atoms with E-state index in [4.69, 9.17) is 12.2 Å². The van der Waals surface area contributed by atoms with Crippen molar-refractivity contribution in [2.24, 2.45) is 11.8 Å². The van der Waals surface area contributed by atoms with Gasteiger partial charge in [-0.2, -0.15) is 0 Å². The number of aliphatic hydroxyl groups is 1. The lowest BCUT2D eigenvalue weighted by atomic mass is 9.65. The van der Waals surface area contributed by atoms with Crippen molar-refractivity contribution in [3.05, 3.63) is 179 Å². The smallest absolute Gasteiger partial charge is 0.242 e. The summed E-state index contributed by atoms with van der Waals surface area (Å²) in [6.45, 7) is 0.565. The molecule has 4 nitrogen and oxygen atoms in total. The molecule has 0 radical (unpaired) electrons. The molecule has 2 unspecified atom stereocenters. The normalized spacial score (nSPS) is 15.1. The minimum atomic E-state index is -0.794. The molecule has 0 spiro atoms. The van der Waals surface area contributed by atoms with Gasteiger partial charge in [-0.25, -0.2) is 0 Å². The number of thiocarbonyl (C=S) groups is 1. The largest absolute Gasteiger partial charge is 0.392 e. The van der Waals surface area contributed by atoms with Crippen molar-refractivity contribution in [3.8, 4) is 0 Å². The average Bonchev–Trinajstić information content (AvgIpc) is 3.23. The second kappa shape index (κ2) is 20.2. The molecule has 1 fully saturated rings. The number of carbonyl (C=O) groups is 1. The molecule has 1 amide bonds. The van der Waals surface area contributed by atoms with Gasteiger partial charge in [-0.1, -0.05) is 196 Å². The Hall–Kier alpha value is -4.58. The Morgan fingerprint density at radius 1 is 0.667 bits per heavy atom. The molecule has 54 heavy (non-hydrogen) atoms. The predicted octanol–water partition coefficient (Wildman–Crippen LogP) is 10.0. The van der Waals surface area contributed by atoms with Gasteiger partial charge >= 0.3 is 0 Å². The van der Waals surface area contributed by atoms with Crippen LogP contribution in [0.15, 0.2) is 152 Å². The van der Waals surface area contributed by atoms with Gasteiger partial charge < -0.3 is 15.7 Å². The Balaban J connectivity index is 1.30. The molecule has 0 heterocycles. The van der Waals surface area contributed by atoms with Crippen LogP contribution >= 0.6 is 12.2 Å². The lowest BCUT2D eigenvalue weighted by Crippen LogP contribution is -2.51. The third-order valence-corrected chi connectivity index (χ3v) is 11.8. The van der Waals surface area contributed by atoms with Gasteiger partial charge in [0.1, 0.15) is 6.04 Å². The summed E-state index contributed by atoms with van der Waals surface area (Å²) < 4.78 is 0. The standard InChI is InChI=1S/C49H56N2O2S/c52-46(37-49(41-27-13-4-14-28-41,42-29-15-5-16-30-42)43-31-17-6-18-32-43)44(33-19-26-38-20-7-1-8-21-38)48(54)51-45(36-40-24-11-3-12-25-40)47(53)50-35-34-39-22-9-2-10-23-39/h1-2,4-10,13-18,20-23,27-32,40,44-46,52H,3,11-12,19,24-26,33-37H2,(H,50,53)(H,51,54)/t44?,45-,46?/m0/s1. The summed E-state index contributed by atoms with van der Waals surface area (Å²) in [5.74, 6) is 0.107. The molecular weight excluding hydrogens is 681 g/mol. The summed E-state index contributed by atoms with van der Waals surface area (Å²) in [6, 6.07) is 52.0.